The topological polar surface area (TPSA) is 131 Å². The normalized spacial score (nSPS) is 20.2. The number of aliphatic imine (C=N–C) groups is 1. The molecule has 0 bridgehead atoms. The number of aromatic amines is 1. The van der Waals surface area contributed by atoms with Crippen LogP contribution in [0.4, 0.5) is 5.69 Å². The van der Waals surface area contributed by atoms with Gasteiger partial charge in [0.05, 0.1) is 28.7 Å². The third-order valence-corrected chi connectivity index (χ3v) is 9.15. The fraction of sp³-hybridized carbons (Fsp3) is 0.333. The number of aliphatic hydroxyl groups is 2. The third-order valence-electron chi connectivity index (χ3n) is 5.61. The summed E-state index contributed by atoms with van der Waals surface area (Å²) in [7, 11) is -3.85. The van der Waals surface area contributed by atoms with Gasteiger partial charge in [0.15, 0.2) is 5.03 Å². The molecule has 4 N–H and O–H groups in total. The number of thioether (sulfide) groups is 2. The lowest BCUT2D eigenvalue weighted by atomic mass is 10.2. The minimum absolute atomic E-state index is 0.0642. The first kappa shape index (κ1) is 22.7. The summed E-state index contributed by atoms with van der Waals surface area (Å²) in [5, 5.41) is 22.5. The summed E-state index contributed by atoms with van der Waals surface area (Å²) in [6.45, 7) is 1.53. The van der Waals surface area contributed by atoms with Gasteiger partial charge in [-0.3, -0.25) is 14.6 Å². The van der Waals surface area contributed by atoms with E-state index in [4.69, 9.17) is 0 Å². The van der Waals surface area contributed by atoms with E-state index >= 15 is 0 Å². The Bertz CT molecular complexity index is 1290. The zero-order valence-electron chi connectivity index (χ0n) is 17.5. The molecule has 1 atom stereocenters. The first-order chi connectivity index (χ1) is 15.8. The lowest BCUT2D eigenvalue weighted by Gasteiger charge is -2.40. The zero-order chi connectivity index (χ0) is 23.1. The van der Waals surface area contributed by atoms with Crippen molar-refractivity contribution in [3.8, 4) is 0 Å². The van der Waals surface area contributed by atoms with Crippen LogP contribution in [0.5, 0.6) is 0 Å². The van der Waals surface area contributed by atoms with Crippen molar-refractivity contribution < 1.29 is 18.6 Å². The van der Waals surface area contributed by atoms with Crippen LogP contribution < -0.4 is 4.72 Å². The van der Waals surface area contributed by atoms with Crippen LogP contribution in [0, 0.1) is 0 Å². The second-order valence-corrected chi connectivity index (χ2v) is 11.8. The predicted molar refractivity (Wildman–Crippen MR) is 132 cm³/mol. The first-order valence-electron chi connectivity index (χ1n) is 10.4. The molecule has 1 aromatic carbocycles. The molecule has 1 fully saturated rings. The van der Waals surface area contributed by atoms with Crippen molar-refractivity contribution in [3.63, 3.8) is 0 Å². The molecule has 0 saturated carbocycles. The highest BCUT2D eigenvalue weighted by atomic mass is 32.2. The van der Waals surface area contributed by atoms with Crippen molar-refractivity contribution in [2.45, 2.75) is 16.2 Å². The predicted octanol–water partition coefficient (Wildman–Crippen LogP) is 1.91. The fourth-order valence-electron chi connectivity index (χ4n) is 3.88. The highest BCUT2D eigenvalue weighted by Crippen LogP contribution is 2.36. The van der Waals surface area contributed by atoms with E-state index in [0.29, 0.717) is 35.0 Å². The van der Waals surface area contributed by atoms with Crippen LogP contribution >= 0.6 is 23.5 Å². The molecule has 9 nitrogen and oxygen atoms in total. The average molecular weight is 506 g/mol. The molecule has 3 aromatic rings. The van der Waals surface area contributed by atoms with Crippen molar-refractivity contribution >= 4 is 55.2 Å². The van der Waals surface area contributed by atoms with E-state index in [0.717, 1.165) is 16.9 Å². The van der Waals surface area contributed by atoms with Crippen molar-refractivity contribution in [2.24, 2.45) is 4.99 Å². The molecule has 5 rings (SSSR count). The number of sulfonamides is 1. The standard InChI is InChI=1S/C21H23N5O4S3/c27-21(28,26-8-10-31-11-9-26)17-13-23-20(32-17)16-12-14-4-3-5-15(19(14)24-16)25-33(29,30)18-6-1-2-7-22-18/h1-7,12,17,24-25,27-28H,8-11,13H2. The average Bonchev–Trinajstić information content (AvgIpc) is 3.48. The van der Waals surface area contributed by atoms with Gasteiger partial charge in [-0.1, -0.05) is 30.0 Å². The molecule has 2 aliphatic heterocycles. The van der Waals surface area contributed by atoms with E-state index < -0.39 is 21.2 Å². The number of H-pyrrole nitrogens is 1. The summed E-state index contributed by atoms with van der Waals surface area (Å²) in [4.78, 5) is 13.4. The SMILES string of the molecule is O=S(=O)(Nc1cccc2cc(C3=NCC(C(O)(O)N4CCSCC4)S3)[nH]c12)c1ccccn1. The Morgan fingerprint density at radius 2 is 1.97 bits per heavy atom. The molecule has 2 aromatic heterocycles. The first-order valence-corrected chi connectivity index (χ1v) is 13.9. The number of rotatable bonds is 6. The van der Waals surface area contributed by atoms with E-state index in [1.165, 1.54) is 24.0 Å². The number of anilines is 1. The monoisotopic (exact) mass is 505 g/mol. The van der Waals surface area contributed by atoms with Crippen LogP contribution in [0.2, 0.25) is 0 Å². The van der Waals surface area contributed by atoms with Crippen LogP contribution in [0.15, 0.2) is 58.7 Å². The summed E-state index contributed by atoms with van der Waals surface area (Å²) < 4.78 is 28.1. The Labute approximate surface area is 199 Å². The lowest BCUT2D eigenvalue weighted by Crippen LogP contribution is -2.58. The van der Waals surface area contributed by atoms with Crippen LogP contribution in [0.3, 0.4) is 0 Å². The Hall–Kier alpha value is -2.09. The van der Waals surface area contributed by atoms with E-state index in [-0.39, 0.29) is 11.6 Å². The molecular formula is C21H23N5O4S3. The van der Waals surface area contributed by atoms with E-state index in [1.807, 2.05) is 12.1 Å². The number of pyridine rings is 1. The molecule has 0 radical (unpaired) electrons. The molecule has 12 heteroatoms. The van der Waals surface area contributed by atoms with Gasteiger partial charge in [0.25, 0.3) is 10.0 Å². The maximum Gasteiger partial charge on any atom is 0.279 e. The van der Waals surface area contributed by atoms with Gasteiger partial charge >= 0.3 is 0 Å². The summed E-state index contributed by atoms with van der Waals surface area (Å²) in [5.74, 6) is -0.202. The Morgan fingerprint density at radius 3 is 2.73 bits per heavy atom. The lowest BCUT2D eigenvalue weighted by molar-refractivity contribution is -0.259. The molecule has 1 saturated heterocycles. The molecule has 0 amide bonds. The number of para-hydroxylation sites is 1. The zero-order valence-corrected chi connectivity index (χ0v) is 20.0. The second-order valence-electron chi connectivity index (χ2n) is 7.77. The number of benzene rings is 1. The van der Waals surface area contributed by atoms with Crippen molar-refractivity contribution in [3.05, 3.63) is 54.4 Å². The van der Waals surface area contributed by atoms with Crippen LogP contribution in [-0.2, 0) is 10.0 Å². The number of nitrogens with zero attached hydrogens (tertiary/aromatic N) is 3. The Morgan fingerprint density at radius 1 is 1.15 bits per heavy atom. The Kier molecular flexibility index (Phi) is 6.14. The van der Waals surface area contributed by atoms with Gasteiger partial charge in [0, 0.05) is 36.2 Å². The number of fused-ring (bicyclic) bond motifs is 1. The third kappa shape index (κ3) is 4.51. The fourth-order valence-corrected chi connectivity index (χ4v) is 6.92. The summed E-state index contributed by atoms with van der Waals surface area (Å²) in [6.07, 6.45) is 1.43. The smallest absolute Gasteiger partial charge is 0.279 e. The highest BCUT2D eigenvalue weighted by molar-refractivity contribution is 8.15. The second kappa shape index (κ2) is 8.93. The van der Waals surface area contributed by atoms with E-state index in [2.05, 4.69) is 19.7 Å². The van der Waals surface area contributed by atoms with Gasteiger partial charge in [-0.25, -0.2) is 4.98 Å². The van der Waals surface area contributed by atoms with Crippen LogP contribution in [0.25, 0.3) is 10.9 Å². The minimum Gasteiger partial charge on any atom is -0.352 e. The van der Waals surface area contributed by atoms with E-state index in [1.54, 1.807) is 40.9 Å². The van der Waals surface area contributed by atoms with E-state index in [9.17, 15) is 18.6 Å². The van der Waals surface area contributed by atoms with Crippen molar-refractivity contribution in [2.75, 3.05) is 35.9 Å². The highest BCUT2D eigenvalue weighted by Gasteiger charge is 2.44. The number of aromatic nitrogens is 2. The maximum atomic E-state index is 12.7. The van der Waals surface area contributed by atoms with Crippen molar-refractivity contribution in [1.82, 2.24) is 14.9 Å². The van der Waals surface area contributed by atoms with Gasteiger partial charge in [0.2, 0.25) is 5.91 Å². The van der Waals surface area contributed by atoms with Crippen molar-refractivity contribution in [1.29, 1.82) is 0 Å². The quantitative estimate of drug-likeness (QED) is 0.374. The van der Waals surface area contributed by atoms with Gasteiger partial charge in [-0.05, 0) is 24.3 Å². The summed E-state index contributed by atoms with van der Waals surface area (Å²) >= 11 is 3.12. The number of hydrogen-bond acceptors (Lipinski definition) is 9. The van der Waals surface area contributed by atoms with Gasteiger partial charge in [0.1, 0.15) is 5.04 Å². The largest absolute Gasteiger partial charge is 0.352 e. The molecule has 1 unspecified atom stereocenters. The molecule has 2 aliphatic rings. The minimum atomic E-state index is -3.85. The maximum absolute atomic E-state index is 12.7. The van der Waals surface area contributed by atoms with Crippen LogP contribution in [-0.4, -0.2) is 80.8 Å². The molecule has 33 heavy (non-hydrogen) atoms. The summed E-state index contributed by atoms with van der Waals surface area (Å²) in [5.41, 5.74) is 1.71. The molecular weight excluding hydrogens is 482 g/mol. The number of nitrogens with one attached hydrogen (secondary N) is 2. The van der Waals surface area contributed by atoms with Gasteiger partial charge < -0.3 is 15.2 Å². The molecule has 174 valence electrons. The molecule has 0 spiro atoms. The van der Waals surface area contributed by atoms with Crippen LogP contribution in [0.1, 0.15) is 5.69 Å². The Balaban J connectivity index is 1.37. The van der Waals surface area contributed by atoms with Gasteiger partial charge in [-0.15, -0.1) is 0 Å². The summed E-state index contributed by atoms with van der Waals surface area (Å²) in [6, 6.07) is 11.9. The molecule has 4 heterocycles. The van der Waals surface area contributed by atoms with Gasteiger partial charge in [-0.2, -0.15) is 20.2 Å². The molecule has 0 aliphatic carbocycles. The number of hydrogen-bond donors (Lipinski definition) is 4.